The number of rotatable bonds is 6. The SMILES string of the molecule is COc1ccc(O)c(S(=O)(=O)NCC(C)(C)N2CCOCC2)c1. The van der Waals surface area contributed by atoms with E-state index in [0.29, 0.717) is 19.0 Å². The Hall–Kier alpha value is -1.35. The van der Waals surface area contributed by atoms with Gasteiger partial charge < -0.3 is 14.6 Å². The Morgan fingerprint density at radius 1 is 1.35 bits per heavy atom. The zero-order chi connectivity index (χ0) is 17.1. The van der Waals surface area contributed by atoms with Gasteiger partial charge in [0.05, 0.1) is 20.3 Å². The van der Waals surface area contributed by atoms with Crippen LogP contribution in [0.15, 0.2) is 23.1 Å². The molecule has 0 radical (unpaired) electrons. The molecule has 1 fully saturated rings. The molecule has 1 saturated heterocycles. The van der Waals surface area contributed by atoms with Gasteiger partial charge in [0, 0.05) is 31.2 Å². The van der Waals surface area contributed by atoms with Gasteiger partial charge in [-0.25, -0.2) is 13.1 Å². The molecule has 1 heterocycles. The average Bonchev–Trinajstić information content (AvgIpc) is 2.54. The van der Waals surface area contributed by atoms with Crippen LogP contribution < -0.4 is 9.46 Å². The van der Waals surface area contributed by atoms with E-state index < -0.39 is 10.0 Å². The first kappa shape index (κ1) is 18.0. The number of methoxy groups -OCH3 is 1. The molecule has 2 rings (SSSR count). The number of ether oxygens (including phenoxy) is 2. The maximum absolute atomic E-state index is 12.5. The van der Waals surface area contributed by atoms with Crippen LogP contribution in [-0.2, 0) is 14.8 Å². The highest BCUT2D eigenvalue weighted by Crippen LogP contribution is 2.27. The topological polar surface area (TPSA) is 88.1 Å². The van der Waals surface area contributed by atoms with Gasteiger partial charge in [-0.15, -0.1) is 0 Å². The standard InChI is InChI=1S/C15H24N2O5S/c1-15(2,17-6-8-22-9-7-17)11-16-23(19,20)14-10-12(21-3)4-5-13(14)18/h4-5,10,16,18H,6-9,11H2,1-3H3. The third-order valence-electron chi connectivity index (χ3n) is 4.02. The average molecular weight is 344 g/mol. The normalized spacial score (nSPS) is 17.2. The van der Waals surface area contributed by atoms with Crippen molar-refractivity contribution in [3.63, 3.8) is 0 Å². The van der Waals surface area contributed by atoms with Crippen LogP contribution in [0.3, 0.4) is 0 Å². The van der Waals surface area contributed by atoms with Crippen LogP contribution in [0.4, 0.5) is 0 Å². The summed E-state index contributed by atoms with van der Waals surface area (Å²) < 4.78 is 37.9. The Balaban J connectivity index is 2.12. The summed E-state index contributed by atoms with van der Waals surface area (Å²) in [6, 6.07) is 4.12. The van der Waals surface area contributed by atoms with Crippen LogP contribution >= 0.6 is 0 Å². The molecule has 1 aliphatic rings. The first-order valence-corrected chi connectivity index (χ1v) is 8.94. The third-order valence-corrected chi connectivity index (χ3v) is 5.45. The molecule has 2 N–H and O–H groups in total. The van der Waals surface area contributed by atoms with Gasteiger partial charge in [0.2, 0.25) is 10.0 Å². The second kappa shape index (κ2) is 7.04. The molecule has 130 valence electrons. The lowest BCUT2D eigenvalue weighted by Gasteiger charge is -2.40. The van der Waals surface area contributed by atoms with E-state index in [2.05, 4.69) is 9.62 Å². The number of nitrogens with zero attached hydrogens (tertiary/aromatic N) is 1. The van der Waals surface area contributed by atoms with Gasteiger partial charge in [-0.3, -0.25) is 4.90 Å². The van der Waals surface area contributed by atoms with Gasteiger partial charge in [0.1, 0.15) is 16.4 Å². The summed E-state index contributed by atoms with van der Waals surface area (Å²) >= 11 is 0. The van der Waals surface area contributed by atoms with Gasteiger partial charge in [-0.2, -0.15) is 0 Å². The highest BCUT2D eigenvalue weighted by atomic mass is 32.2. The lowest BCUT2D eigenvalue weighted by atomic mass is 10.0. The Morgan fingerprint density at radius 3 is 2.61 bits per heavy atom. The van der Waals surface area contributed by atoms with E-state index in [4.69, 9.17) is 9.47 Å². The van der Waals surface area contributed by atoms with E-state index in [1.54, 1.807) is 0 Å². The Morgan fingerprint density at radius 2 is 2.00 bits per heavy atom. The number of aromatic hydroxyl groups is 1. The summed E-state index contributed by atoms with van der Waals surface area (Å²) in [5, 5.41) is 9.84. The molecule has 1 aromatic carbocycles. The smallest absolute Gasteiger partial charge is 0.244 e. The van der Waals surface area contributed by atoms with E-state index in [-0.39, 0.29) is 22.7 Å². The number of sulfonamides is 1. The van der Waals surface area contributed by atoms with E-state index in [0.717, 1.165) is 13.1 Å². The Labute approximate surface area is 137 Å². The fourth-order valence-corrected chi connectivity index (χ4v) is 3.78. The highest BCUT2D eigenvalue weighted by molar-refractivity contribution is 7.89. The number of phenols is 1. The first-order chi connectivity index (χ1) is 10.8. The molecule has 0 aliphatic carbocycles. The Kier molecular flexibility index (Phi) is 5.51. The summed E-state index contributed by atoms with van der Waals surface area (Å²) in [6.45, 7) is 7.00. The van der Waals surface area contributed by atoms with E-state index in [1.165, 1.54) is 25.3 Å². The first-order valence-electron chi connectivity index (χ1n) is 7.46. The number of benzene rings is 1. The van der Waals surface area contributed by atoms with Crippen molar-refractivity contribution in [2.45, 2.75) is 24.3 Å². The van der Waals surface area contributed by atoms with Crippen LogP contribution in [0.2, 0.25) is 0 Å². The molecule has 0 aromatic heterocycles. The predicted molar refractivity (Wildman–Crippen MR) is 86.3 cm³/mol. The fraction of sp³-hybridized carbons (Fsp3) is 0.600. The molecule has 8 heteroatoms. The molecular weight excluding hydrogens is 320 g/mol. The summed E-state index contributed by atoms with van der Waals surface area (Å²) in [7, 11) is -2.39. The molecule has 0 unspecified atom stereocenters. The second-order valence-corrected chi connectivity index (χ2v) is 7.81. The minimum Gasteiger partial charge on any atom is -0.507 e. The van der Waals surface area contributed by atoms with Crippen molar-refractivity contribution in [2.75, 3.05) is 40.0 Å². The van der Waals surface area contributed by atoms with Gasteiger partial charge in [0.15, 0.2) is 0 Å². The van der Waals surface area contributed by atoms with Crippen LogP contribution in [-0.4, -0.2) is 63.9 Å². The van der Waals surface area contributed by atoms with Crippen molar-refractivity contribution in [1.82, 2.24) is 9.62 Å². The van der Waals surface area contributed by atoms with Crippen molar-refractivity contribution in [1.29, 1.82) is 0 Å². The third kappa shape index (κ3) is 4.35. The zero-order valence-electron chi connectivity index (χ0n) is 13.7. The van der Waals surface area contributed by atoms with Gasteiger partial charge in [0.25, 0.3) is 0 Å². The molecule has 0 amide bonds. The predicted octanol–water partition coefficient (Wildman–Crippen LogP) is 0.790. The molecule has 0 spiro atoms. The number of phenolic OH excluding ortho intramolecular Hbond substituents is 1. The van der Waals surface area contributed by atoms with Gasteiger partial charge in [-0.1, -0.05) is 0 Å². The molecule has 1 aromatic rings. The highest BCUT2D eigenvalue weighted by Gasteiger charge is 2.30. The lowest BCUT2D eigenvalue weighted by Crippen LogP contribution is -2.55. The monoisotopic (exact) mass is 344 g/mol. The van der Waals surface area contributed by atoms with Crippen molar-refractivity contribution in [2.24, 2.45) is 0 Å². The molecule has 0 bridgehead atoms. The van der Waals surface area contributed by atoms with Crippen LogP contribution in [0.5, 0.6) is 11.5 Å². The van der Waals surface area contributed by atoms with Crippen molar-refractivity contribution < 1.29 is 23.0 Å². The lowest BCUT2D eigenvalue weighted by molar-refractivity contribution is -0.00803. The number of hydrogen-bond donors (Lipinski definition) is 2. The number of hydrogen-bond acceptors (Lipinski definition) is 6. The molecule has 23 heavy (non-hydrogen) atoms. The fourth-order valence-electron chi connectivity index (χ4n) is 2.47. The minimum absolute atomic E-state index is 0.186. The summed E-state index contributed by atoms with van der Waals surface area (Å²) in [4.78, 5) is 2.00. The second-order valence-electron chi connectivity index (χ2n) is 6.07. The zero-order valence-corrected chi connectivity index (χ0v) is 14.5. The molecule has 1 aliphatic heterocycles. The van der Waals surface area contributed by atoms with Gasteiger partial charge in [-0.05, 0) is 26.0 Å². The summed E-state index contributed by atoms with van der Waals surface area (Å²) in [5.74, 6) is 0.0677. The van der Waals surface area contributed by atoms with E-state index in [1.807, 2.05) is 13.8 Å². The van der Waals surface area contributed by atoms with Crippen molar-refractivity contribution in [3.05, 3.63) is 18.2 Å². The van der Waals surface area contributed by atoms with Crippen LogP contribution in [0, 0.1) is 0 Å². The quantitative estimate of drug-likeness (QED) is 0.793. The summed E-state index contributed by atoms with van der Waals surface area (Å²) in [6.07, 6.45) is 0. The summed E-state index contributed by atoms with van der Waals surface area (Å²) in [5.41, 5.74) is -0.356. The maximum Gasteiger partial charge on any atom is 0.244 e. The van der Waals surface area contributed by atoms with E-state index in [9.17, 15) is 13.5 Å². The number of nitrogens with one attached hydrogen (secondary N) is 1. The van der Waals surface area contributed by atoms with Crippen molar-refractivity contribution >= 4 is 10.0 Å². The molecule has 7 nitrogen and oxygen atoms in total. The minimum atomic E-state index is -3.83. The largest absolute Gasteiger partial charge is 0.507 e. The van der Waals surface area contributed by atoms with Gasteiger partial charge >= 0.3 is 0 Å². The molecule has 0 atom stereocenters. The van der Waals surface area contributed by atoms with Crippen molar-refractivity contribution in [3.8, 4) is 11.5 Å². The van der Waals surface area contributed by atoms with Crippen LogP contribution in [0.1, 0.15) is 13.8 Å². The Bertz CT molecular complexity index is 639. The number of morpholine rings is 1. The maximum atomic E-state index is 12.5. The molecular formula is C15H24N2O5S. The van der Waals surface area contributed by atoms with Crippen LogP contribution in [0.25, 0.3) is 0 Å². The van der Waals surface area contributed by atoms with E-state index >= 15 is 0 Å². The molecule has 0 saturated carbocycles.